The van der Waals surface area contributed by atoms with Crippen molar-refractivity contribution in [2.75, 3.05) is 0 Å². The Balaban J connectivity index is 2.31. The van der Waals surface area contributed by atoms with E-state index >= 15 is 0 Å². The molecule has 4 nitrogen and oxygen atoms in total. The fourth-order valence-electron chi connectivity index (χ4n) is 2.44. The lowest BCUT2D eigenvalue weighted by molar-refractivity contribution is 0.259. The lowest BCUT2D eigenvalue weighted by Gasteiger charge is -2.17. The van der Waals surface area contributed by atoms with Gasteiger partial charge in [-0.1, -0.05) is 58.0 Å². The first-order chi connectivity index (χ1) is 11.0. The van der Waals surface area contributed by atoms with Crippen molar-refractivity contribution in [2.24, 2.45) is 5.92 Å². The molecule has 1 N–H and O–H groups in total. The molecule has 1 aromatic heterocycles. The molecule has 124 valence electrons. The summed E-state index contributed by atoms with van der Waals surface area (Å²) in [6, 6.07) is 9.99. The zero-order chi connectivity index (χ0) is 16.8. The van der Waals surface area contributed by atoms with Crippen LogP contribution in [0.2, 0.25) is 0 Å². The van der Waals surface area contributed by atoms with E-state index in [1.54, 1.807) is 0 Å². The molecule has 0 aliphatic carbocycles. The molecule has 0 fully saturated rings. The Bertz CT molecular complexity index is 625. The second kappa shape index (κ2) is 8.06. The van der Waals surface area contributed by atoms with Crippen LogP contribution in [-0.4, -0.2) is 15.1 Å². The van der Waals surface area contributed by atoms with E-state index in [9.17, 15) is 5.11 Å². The highest BCUT2D eigenvalue weighted by atomic mass is 16.5. The smallest absolute Gasteiger partial charge is 0.236 e. The van der Waals surface area contributed by atoms with Crippen molar-refractivity contribution in [3.8, 4) is 5.88 Å². The fourth-order valence-corrected chi connectivity index (χ4v) is 2.44. The molecule has 0 radical (unpaired) electrons. The number of hydrogen-bond acceptors (Lipinski definition) is 4. The molecule has 23 heavy (non-hydrogen) atoms. The van der Waals surface area contributed by atoms with Crippen molar-refractivity contribution in [1.82, 2.24) is 9.97 Å². The van der Waals surface area contributed by atoms with E-state index in [4.69, 9.17) is 9.72 Å². The molecular formula is C19H26N2O2. The summed E-state index contributed by atoms with van der Waals surface area (Å²) in [7, 11) is 0. The van der Waals surface area contributed by atoms with Crippen LogP contribution in [0.5, 0.6) is 5.88 Å². The van der Waals surface area contributed by atoms with E-state index in [0.717, 1.165) is 23.4 Å². The minimum atomic E-state index is -0.121. The van der Waals surface area contributed by atoms with Gasteiger partial charge in [-0.15, -0.1) is 0 Å². The molecular weight excluding hydrogens is 288 g/mol. The second-order valence-corrected chi connectivity index (χ2v) is 6.49. The monoisotopic (exact) mass is 314 g/mol. The van der Waals surface area contributed by atoms with Gasteiger partial charge in [0.25, 0.3) is 0 Å². The molecule has 1 heterocycles. The Kier molecular flexibility index (Phi) is 6.11. The normalized spacial score (nSPS) is 11.3. The Labute approximate surface area is 138 Å². The van der Waals surface area contributed by atoms with Crippen LogP contribution < -0.4 is 4.74 Å². The van der Waals surface area contributed by atoms with E-state index in [1.807, 2.05) is 30.3 Å². The van der Waals surface area contributed by atoms with Crippen LogP contribution in [0.25, 0.3) is 0 Å². The summed E-state index contributed by atoms with van der Waals surface area (Å²) in [4.78, 5) is 9.29. The van der Waals surface area contributed by atoms with Gasteiger partial charge in [0.15, 0.2) is 0 Å². The Morgan fingerprint density at radius 3 is 2.26 bits per heavy atom. The van der Waals surface area contributed by atoms with Gasteiger partial charge in [0.1, 0.15) is 12.3 Å². The zero-order valence-corrected chi connectivity index (χ0v) is 14.4. The highest BCUT2D eigenvalue weighted by Crippen LogP contribution is 2.24. The average Bonchev–Trinajstić information content (AvgIpc) is 2.53. The van der Waals surface area contributed by atoms with Gasteiger partial charge < -0.3 is 9.84 Å². The number of aliphatic hydroxyl groups excluding tert-OH is 1. The maximum absolute atomic E-state index is 9.59. The molecule has 0 amide bonds. The maximum Gasteiger partial charge on any atom is 0.236 e. The molecule has 4 heteroatoms. The van der Waals surface area contributed by atoms with Gasteiger partial charge >= 0.3 is 0 Å². The fraction of sp³-hybridized carbons (Fsp3) is 0.474. The molecule has 0 bridgehead atoms. The number of rotatable bonds is 7. The maximum atomic E-state index is 9.59. The van der Waals surface area contributed by atoms with Crippen LogP contribution in [0.1, 0.15) is 56.3 Å². The number of benzene rings is 1. The molecule has 0 unspecified atom stereocenters. The van der Waals surface area contributed by atoms with Crippen molar-refractivity contribution >= 4 is 0 Å². The Morgan fingerprint density at radius 2 is 1.70 bits per heavy atom. The predicted octanol–water partition coefficient (Wildman–Crippen LogP) is 3.87. The van der Waals surface area contributed by atoms with Crippen molar-refractivity contribution in [3.05, 3.63) is 53.0 Å². The molecule has 0 aliphatic rings. The molecule has 0 atom stereocenters. The van der Waals surface area contributed by atoms with E-state index in [2.05, 4.69) is 32.7 Å². The van der Waals surface area contributed by atoms with Crippen LogP contribution in [0.3, 0.4) is 0 Å². The quantitative estimate of drug-likeness (QED) is 0.843. The third-order valence-corrected chi connectivity index (χ3v) is 3.55. The number of nitrogens with zero attached hydrogens (tertiary/aromatic N) is 2. The summed E-state index contributed by atoms with van der Waals surface area (Å²) < 4.78 is 5.92. The lowest BCUT2D eigenvalue weighted by Crippen LogP contribution is -2.12. The van der Waals surface area contributed by atoms with Gasteiger partial charge in [-0.3, -0.25) is 0 Å². The zero-order valence-electron chi connectivity index (χ0n) is 14.4. The third-order valence-electron chi connectivity index (χ3n) is 3.55. The molecule has 0 spiro atoms. The van der Waals surface area contributed by atoms with Crippen LogP contribution >= 0.6 is 0 Å². The summed E-state index contributed by atoms with van der Waals surface area (Å²) in [6.07, 6.45) is 0.808. The number of ether oxygens (including phenoxy) is 1. The second-order valence-electron chi connectivity index (χ2n) is 6.49. The summed E-state index contributed by atoms with van der Waals surface area (Å²) in [5, 5.41) is 9.59. The standard InChI is InChI=1S/C19H26N2O2/c1-13(2)10-16-19(23-12-15-8-6-5-7-9-15)21-17(11-22)18(20-16)14(3)4/h5-9,13-14,22H,10-12H2,1-4H3. The number of aliphatic hydroxyl groups is 1. The molecule has 0 saturated carbocycles. The largest absolute Gasteiger partial charge is 0.471 e. The SMILES string of the molecule is CC(C)Cc1nc(C(C)C)c(CO)nc1OCc1ccccc1. The third kappa shape index (κ3) is 4.76. The predicted molar refractivity (Wildman–Crippen MR) is 91.4 cm³/mol. The van der Waals surface area contributed by atoms with E-state index < -0.39 is 0 Å². The van der Waals surface area contributed by atoms with Crippen molar-refractivity contribution < 1.29 is 9.84 Å². The first-order valence-electron chi connectivity index (χ1n) is 8.18. The summed E-state index contributed by atoms with van der Waals surface area (Å²) >= 11 is 0. The summed E-state index contributed by atoms with van der Waals surface area (Å²) in [6.45, 7) is 8.76. The average molecular weight is 314 g/mol. The Morgan fingerprint density at radius 1 is 1.00 bits per heavy atom. The first-order valence-corrected chi connectivity index (χ1v) is 8.18. The minimum Gasteiger partial charge on any atom is -0.471 e. The van der Waals surface area contributed by atoms with Gasteiger partial charge in [-0.05, 0) is 23.8 Å². The van der Waals surface area contributed by atoms with Crippen LogP contribution in [0.4, 0.5) is 0 Å². The summed E-state index contributed by atoms with van der Waals surface area (Å²) in [5.41, 5.74) is 3.42. The first kappa shape index (κ1) is 17.4. The van der Waals surface area contributed by atoms with Crippen LogP contribution in [0.15, 0.2) is 30.3 Å². The minimum absolute atomic E-state index is 0.121. The molecule has 1 aromatic carbocycles. The molecule has 0 aliphatic heterocycles. The highest BCUT2D eigenvalue weighted by molar-refractivity contribution is 5.27. The number of aromatic nitrogens is 2. The van der Waals surface area contributed by atoms with Gasteiger partial charge in [0.2, 0.25) is 5.88 Å². The lowest BCUT2D eigenvalue weighted by atomic mass is 10.0. The Hall–Kier alpha value is -1.94. The van der Waals surface area contributed by atoms with Gasteiger partial charge in [0.05, 0.1) is 18.0 Å². The van der Waals surface area contributed by atoms with Crippen molar-refractivity contribution in [2.45, 2.75) is 53.2 Å². The summed E-state index contributed by atoms with van der Waals surface area (Å²) in [5.74, 6) is 1.22. The topological polar surface area (TPSA) is 55.2 Å². The van der Waals surface area contributed by atoms with Crippen molar-refractivity contribution in [1.29, 1.82) is 0 Å². The van der Waals surface area contributed by atoms with E-state index in [-0.39, 0.29) is 12.5 Å². The number of hydrogen-bond donors (Lipinski definition) is 1. The van der Waals surface area contributed by atoms with E-state index in [0.29, 0.717) is 24.1 Å². The van der Waals surface area contributed by atoms with Gasteiger partial charge in [-0.2, -0.15) is 0 Å². The highest BCUT2D eigenvalue weighted by Gasteiger charge is 2.17. The molecule has 2 aromatic rings. The van der Waals surface area contributed by atoms with Crippen LogP contribution in [0, 0.1) is 5.92 Å². The van der Waals surface area contributed by atoms with Crippen molar-refractivity contribution in [3.63, 3.8) is 0 Å². The molecule has 2 rings (SSSR count). The van der Waals surface area contributed by atoms with Gasteiger partial charge in [-0.25, -0.2) is 9.97 Å². The van der Waals surface area contributed by atoms with Gasteiger partial charge in [0, 0.05) is 0 Å². The van der Waals surface area contributed by atoms with E-state index in [1.165, 1.54) is 0 Å². The van der Waals surface area contributed by atoms with Crippen LogP contribution in [-0.2, 0) is 19.6 Å². The molecule has 0 saturated heterocycles.